The van der Waals surface area contributed by atoms with Gasteiger partial charge < -0.3 is 14.8 Å². The van der Waals surface area contributed by atoms with Crippen LogP contribution in [0.25, 0.3) is 6.08 Å². The molecule has 0 heterocycles. The third-order valence-corrected chi connectivity index (χ3v) is 3.51. The Kier molecular flexibility index (Phi) is 9.51. The molecule has 0 radical (unpaired) electrons. The predicted molar refractivity (Wildman–Crippen MR) is 105 cm³/mol. The molecular formula is C19H21Cl2NO3. The Hall–Kier alpha value is -2.17. The summed E-state index contributed by atoms with van der Waals surface area (Å²) >= 11 is 5.84. The van der Waals surface area contributed by atoms with E-state index in [0.717, 1.165) is 35.0 Å². The minimum absolute atomic E-state index is 0. The van der Waals surface area contributed by atoms with Crippen molar-refractivity contribution in [3.8, 4) is 5.75 Å². The second-order valence-corrected chi connectivity index (χ2v) is 5.50. The van der Waals surface area contributed by atoms with E-state index in [2.05, 4.69) is 10.1 Å². The van der Waals surface area contributed by atoms with Crippen molar-refractivity contribution in [1.82, 2.24) is 0 Å². The van der Waals surface area contributed by atoms with Crippen molar-refractivity contribution in [3.05, 3.63) is 65.2 Å². The highest BCUT2D eigenvalue weighted by atomic mass is 35.5. The first-order valence-electron chi connectivity index (χ1n) is 7.66. The summed E-state index contributed by atoms with van der Waals surface area (Å²) in [6, 6.07) is 15.1. The number of nitrogens with one attached hydrogen (secondary N) is 1. The van der Waals surface area contributed by atoms with Crippen molar-refractivity contribution in [2.75, 3.05) is 25.6 Å². The van der Waals surface area contributed by atoms with Crippen LogP contribution in [0.5, 0.6) is 5.75 Å². The normalized spacial score (nSPS) is 10.2. The molecule has 0 saturated heterocycles. The van der Waals surface area contributed by atoms with Crippen LogP contribution < -0.4 is 10.1 Å². The van der Waals surface area contributed by atoms with Gasteiger partial charge in [0.2, 0.25) is 0 Å². The lowest BCUT2D eigenvalue weighted by Crippen LogP contribution is -2.07. The first kappa shape index (κ1) is 20.9. The summed E-state index contributed by atoms with van der Waals surface area (Å²) in [6.45, 7) is 1.44. The van der Waals surface area contributed by atoms with Gasteiger partial charge in [-0.1, -0.05) is 23.7 Å². The molecule has 6 heteroatoms. The standard InChI is InChI=1S/C19H20ClNO3.ClH/c1-23-19(22)12-5-15-3-10-18(11-4-15)24-14-2-13-21-17-8-6-16(20)7-9-17;/h3-12,21H,2,13-14H2,1H3;1H/b12-5+;. The summed E-state index contributed by atoms with van der Waals surface area (Å²) in [5, 5.41) is 4.04. The molecule has 0 saturated carbocycles. The number of hydrogen-bond donors (Lipinski definition) is 1. The molecule has 2 aromatic rings. The molecule has 0 atom stereocenters. The summed E-state index contributed by atoms with van der Waals surface area (Å²) in [4.78, 5) is 11.0. The van der Waals surface area contributed by atoms with Gasteiger partial charge in [0.05, 0.1) is 13.7 Å². The van der Waals surface area contributed by atoms with Crippen LogP contribution in [0.3, 0.4) is 0 Å². The lowest BCUT2D eigenvalue weighted by atomic mass is 10.2. The van der Waals surface area contributed by atoms with Gasteiger partial charge in [0.15, 0.2) is 0 Å². The molecule has 0 spiro atoms. The zero-order valence-corrected chi connectivity index (χ0v) is 15.5. The van der Waals surface area contributed by atoms with Crippen molar-refractivity contribution in [1.29, 1.82) is 0 Å². The lowest BCUT2D eigenvalue weighted by molar-refractivity contribution is -0.134. The van der Waals surface area contributed by atoms with Gasteiger partial charge in [-0.3, -0.25) is 0 Å². The summed E-state index contributed by atoms with van der Waals surface area (Å²) in [5.41, 5.74) is 1.96. The van der Waals surface area contributed by atoms with Gasteiger partial charge in [0.1, 0.15) is 5.75 Å². The Morgan fingerprint density at radius 1 is 1.12 bits per heavy atom. The lowest BCUT2D eigenvalue weighted by Gasteiger charge is -2.08. The fourth-order valence-corrected chi connectivity index (χ4v) is 2.10. The highest BCUT2D eigenvalue weighted by molar-refractivity contribution is 6.30. The van der Waals surface area contributed by atoms with Gasteiger partial charge in [-0.2, -0.15) is 0 Å². The second kappa shape index (κ2) is 11.4. The first-order valence-corrected chi connectivity index (χ1v) is 8.03. The van der Waals surface area contributed by atoms with Gasteiger partial charge in [-0.25, -0.2) is 4.79 Å². The van der Waals surface area contributed by atoms with Gasteiger partial charge in [-0.05, 0) is 54.5 Å². The average Bonchev–Trinajstić information content (AvgIpc) is 2.62. The highest BCUT2D eigenvalue weighted by Crippen LogP contribution is 2.15. The van der Waals surface area contributed by atoms with Crippen LogP contribution in [0, 0.1) is 0 Å². The topological polar surface area (TPSA) is 47.6 Å². The molecule has 2 rings (SSSR count). The van der Waals surface area contributed by atoms with Gasteiger partial charge in [0, 0.05) is 23.3 Å². The van der Waals surface area contributed by atoms with Crippen LogP contribution >= 0.6 is 24.0 Å². The first-order chi connectivity index (χ1) is 11.7. The Balaban J connectivity index is 0.00000312. The molecule has 0 amide bonds. The maximum absolute atomic E-state index is 11.0. The van der Waals surface area contributed by atoms with Crippen LogP contribution in [-0.2, 0) is 9.53 Å². The fraction of sp³-hybridized carbons (Fsp3) is 0.211. The molecule has 0 bridgehead atoms. The number of carbonyl (C=O) groups excluding carboxylic acids is 1. The van der Waals surface area contributed by atoms with Crippen molar-refractivity contribution in [2.24, 2.45) is 0 Å². The molecule has 0 fully saturated rings. The SMILES string of the molecule is COC(=O)/C=C/c1ccc(OCCCNc2ccc(Cl)cc2)cc1.Cl. The largest absolute Gasteiger partial charge is 0.494 e. The number of rotatable bonds is 8. The smallest absolute Gasteiger partial charge is 0.330 e. The fourth-order valence-electron chi connectivity index (χ4n) is 1.97. The van der Waals surface area contributed by atoms with E-state index < -0.39 is 0 Å². The average molecular weight is 382 g/mol. The van der Waals surface area contributed by atoms with E-state index in [0.29, 0.717) is 6.61 Å². The predicted octanol–water partition coefficient (Wildman–Crippen LogP) is 4.83. The highest BCUT2D eigenvalue weighted by Gasteiger charge is 1.96. The number of carbonyl (C=O) groups is 1. The number of esters is 1. The van der Waals surface area contributed by atoms with Crippen LogP contribution in [0.1, 0.15) is 12.0 Å². The van der Waals surface area contributed by atoms with Crippen LogP contribution in [0.15, 0.2) is 54.6 Å². The molecule has 4 nitrogen and oxygen atoms in total. The van der Waals surface area contributed by atoms with Crippen molar-refractivity contribution >= 4 is 41.7 Å². The third kappa shape index (κ3) is 7.96. The van der Waals surface area contributed by atoms with Crippen LogP contribution in [-0.4, -0.2) is 26.2 Å². The zero-order chi connectivity index (χ0) is 17.2. The van der Waals surface area contributed by atoms with E-state index in [1.165, 1.54) is 13.2 Å². The minimum Gasteiger partial charge on any atom is -0.494 e. The molecule has 1 N–H and O–H groups in total. The minimum atomic E-state index is -0.372. The van der Waals surface area contributed by atoms with E-state index in [-0.39, 0.29) is 18.4 Å². The number of ether oxygens (including phenoxy) is 2. The van der Waals surface area contributed by atoms with E-state index in [4.69, 9.17) is 16.3 Å². The number of anilines is 1. The summed E-state index contributed by atoms with van der Waals surface area (Å²) < 4.78 is 10.2. The van der Waals surface area contributed by atoms with Gasteiger partial charge in [0.25, 0.3) is 0 Å². The maximum atomic E-state index is 11.0. The Bertz CT molecular complexity index is 670. The molecule has 2 aromatic carbocycles. The molecule has 25 heavy (non-hydrogen) atoms. The van der Waals surface area contributed by atoms with Gasteiger partial charge in [-0.15, -0.1) is 12.4 Å². The van der Waals surface area contributed by atoms with Crippen molar-refractivity contribution < 1.29 is 14.3 Å². The Morgan fingerprint density at radius 3 is 2.44 bits per heavy atom. The van der Waals surface area contributed by atoms with Crippen LogP contribution in [0.2, 0.25) is 5.02 Å². The molecule has 0 aromatic heterocycles. The molecule has 134 valence electrons. The Morgan fingerprint density at radius 2 is 1.80 bits per heavy atom. The van der Waals surface area contributed by atoms with Crippen molar-refractivity contribution in [3.63, 3.8) is 0 Å². The number of halogens is 2. The van der Waals surface area contributed by atoms with E-state index in [1.807, 2.05) is 48.5 Å². The molecule has 0 unspecified atom stereocenters. The van der Waals surface area contributed by atoms with E-state index in [1.54, 1.807) is 6.08 Å². The van der Waals surface area contributed by atoms with Crippen LogP contribution in [0.4, 0.5) is 5.69 Å². The quantitative estimate of drug-likeness (QED) is 0.404. The summed E-state index contributed by atoms with van der Waals surface area (Å²) in [5.74, 6) is 0.431. The molecule has 0 aliphatic rings. The number of hydrogen-bond acceptors (Lipinski definition) is 4. The monoisotopic (exact) mass is 381 g/mol. The van der Waals surface area contributed by atoms with Gasteiger partial charge >= 0.3 is 5.97 Å². The zero-order valence-electron chi connectivity index (χ0n) is 13.9. The molecule has 0 aliphatic carbocycles. The number of benzene rings is 2. The maximum Gasteiger partial charge on any atom is 0.330 e. The van der Waals surface area contributed by atoms with E-state index >= 15 is 0 Å². The number of methoxy groups -OCH3 is 1. The van der Waals surface area contributed by atoms with Crippen molar-refractivity contribution in [2.45, 2.75) is 6.42 Å². The second-order valence-electron chi connectivity index (χ2n) is 5.06. The summed E-state index contributed by atoms with van der Waals surface area (Å²) in [7, 11) is 1.35. The third-order valence-electron chi connectivity index (χ3n) is 3.26. The molecule has 0 aliphatic heterocycles. The summed E-state index contributed by atoms with van der Waals surface area (Å²) in [6.07, 6.45) is 3.97. The molecular weight excluding hydrogens is 361 g/mol. The Labute approximate surface area is 159 Å². The van der Waals surface area contributed by atoms with E-state index in [9.17, 15) is 4.79 Å².